The molecule has 8 heteroatoms. The molecule has 0 spiro atoms. The molecule has 1 aliphatic rings. The molecule has 36 heavy (non-hydrogen) atoms. The van der Waals surface area contributed by atoms with Gasteiger partial charge in [-0.05, 0) is 81.5 Å². The number of ketones is 1. The quantitative estimate of drug-likeness (QED) is 0.293. The minimum atomic E-state index is -0.161. The zero-order chi connectivity index (χ0) is 25.1. The summed E-state index contributed by atoms with van der Waals surface area (Å²) in [6.45, 7) is 7.17. The van der Waals surface area contributed by atoms with Gasteiger partial charge in [-0.1, -0.05) is 0 Å². The van der Waals surface area contributed by atoms with Crippen LogP contribution >= 0.6 is 0 Å². The van der Waals surface area contributed by atoms with Crippen LogP contribution in [0.4, 0.5) is 0 Å². The Balaban J connectivity index is 1.31. The van der Waals surface area contributed by atoms with Crippen LogP contribution in [0.1, 0.15) is 59.7 Å². The van der Waals surface area contributed by atoms with E-state index in [1.165, 1.54) is 11.1 Å². The molecule has 1 saturated heterocycles. The Morgan fingerprint density at radius 3 is 2.72 bits per heavy atom. The van der Waals surface area contributed by atoms with Crippen molar-refractivity contribution in [3.8, 4) is 17.2 Å². The van der Waals surface area contributed by atoms with Crippen molar-refractivity contribution in [1.82, 2.24) is 19.7 Å². The Hall–Kier alpha value is -3.78. The van der Waals surface area contributed by atoms with E-state index >= 15 is 0 Å². The summed E-state index contributed by atoms with van der Waals surface area (Å²) in [6.07, 6.45) is 8.07. The molecule has 4 heterocycles. The van der Waals surface area contributed by atoms with Gasteiger partial charge in [0, 0.05) is 23.9 Å². The number of pyridine rings is 2. The first-order valence-electron chi connectivity index (χ1n) is 12.4. The molecule has 5 rings (SSSR count). The van der Waals surface area contributed by atoms with Crippen LogP contribution in [0.5, 0.6) is 17.2 Å². The molecule has 1 fully saturated rings. The van der Waals surface area contributed by atoms with Crippen LogP contribution < -0.4 is 9.47 Å². The Labute approximate surface area is 210 Å². The summed E-state index contributed by atoms with van der Waals surface area (Å²) in [5.74, 6) is 1.63. The molecule has 0 bridgehead atoms. The predicted octanol–water partition coefficient (Wildman–Crippen LogP) is 5.76. The van der Waals surface area contributed by atoms with Gasteiger partial charge < -0.3 is 14.2 Å². The number of fused-ring (bicyclic) bond motifs is 1. The summed E-state index contributed by atoms with van der Waals surface area (Å²) < 4.78 is 19.3. The number of Topliss-reactive ketones (excluding diaryl/α,β-unsaturated/α-hetero) is 1. The summed E-state index contributed by atoms with van der Waals surface area (Å²) in [6, 6.07) is 9.61. The van der Waals surface area contributed by atoms with E-state index < -0.39 is 0 Å². The number of aromatic nitrogens is 4. The Morgan fingerprint density at radius 2 is 1.97 bits per heavy atom. The molecule has 0 amide bonds. The Morgan fingerprint density at radius 1 is 1.11 bits per heavy atom. The van der Waals surface area contributed by atoms with Gasteiger partial charge in [0.25, 0.3) is 0 Å². The van der Waals surface area contributed by atoms with Crippen LogP contribution in [0.3, 0.4) is 0 Å². The normalized spacial score (nSPS) is 15.7. The first-order valence-corrected chi connectivity index (χ1v) is 12.4. The summed E-state index contributed by atoms with van der Waals surface area (Å²) in [4.78, 5) is 22.0. The number of hydrogen-bond donors (Lipinski definition) is 0. The maximum Gasteiger partial charge on any atom is 0.192 e. The minimum absolute atomic E-state index is 0.111. The SMILES string of the molecule is CCOc1cn(C2CCCCO2)nc1C(=O)Cc1ccc(Oc2ccnc3cc(C)c(C)cc23)cn1. The monoisotopic (exact) mass is 486 g/mol. The summed E-state index contributed by atoms with van der Waals surface area (Å²) >= 11 is 0. The third-order valence-corrected chi connectivity index (χ3v) is 6.40. The first-order chi connectivity index (χ1) is 17.5. The van der Waals surface area contributed by atoms with Gasteiger partial charge in [-0.2, -0.15) is 5.10 Å². The number of nitrogens with zero attached hydrogens (tertiary/aromatic N) is 4. The highest BCUT2D eigenvalue weighted by molar-refractivity contribution is 5.98. The van der Waals surface area contributed by atoms with Crippen LogP contribution in [-0.4, -0.2) is 38.7 Å². The highest BCUT2D eigenvalue weighted by Crippen LogP contribution is 2.31. The van der Waals surface area contributed by atoms with E-state index in [4.69, 9.17) is 14.2 Å². The highest BCUT2D eigenvalue weighted by atomic mass is 16.5. The van der Waals surface area contributed by atoms with Gasteiger partial charge in [-0.3, -0.25) is 14.8 Å². The van der Waals surface area contributed by atoms with Crippen LogP contribution in [0.25, 0.3) is 10.9 Å². The van der Waals surface area contributed by atoms with Crippen molar-refractivity contribution in [2.75, 3.05) is 13.2 Å². The van der Waals surface area contributed by atoms with Crippen LogP contribution in [0, 0.1) is 13.8 Å². The van der Waals surface area contributed by atoms with E-state index in [1.54, 1.807) is 29.3 Å². The van der Waals surface area contributed by atoms with E-state index in [9.17, 15) is 4.79 Å². The Bertz CT molecular complexity index is 1370. The molecular formula is C28H30N4O4. The molecular weight excluding hydrogens is 456 g/mol. The second kappa shape index (κ2) is 10.5. The summed E-state index contributed by atoms with van der Waals surface area (Å²) in [5, 5.41) is 5.47. The van der Waals surface area contributed by atoms with Gasteiger partial charge >= 0.3 is 0 Å². The van der Waals surface area contributed by atoms with E-state index in [-0.39, 0.29) is 18.4 Å². The van der Waals surface area contributed by atoms with Crippen LogP contribution in [0.15, 0.2) is 48.9 Å². The predicted molar refractivity (Wildman–Crippen MR) is 136 cm³/mol. The topological polar surface area (TPSA) is 88.4 Å². The number of hydrogen-bond acceptors (Lipinski definition) is 7. The van der Waals surface area contributed by atoms with Crippen molar-refractivity contribution in [3.05, 3.63) is 71.4 Å². The third kappa shape index (κ3) is 5.09. The molecule has 0 radical (unpaired) electrons. The molecule has 0 saturated carbocycles. The molecule has 0 aliphatic carbocycles. The molecule has 0 N–H and O–H groups in total. The lowest BCUT2D eigenvalue weighted by Crippen LogP contribution is -2.19. The van der Waals surface area contributed by atoms with Gasteiger partial charge in [0.05, 0.1) is 30.9 Å². The lowest BCUT2D eigenvalue weighted by molar-refractivity contribution is -0.0397. The molecule has 8 nitrogen and oxygen atoms in total. The number of rotatable bonds is 8. The second-order valence-electron chi connectivity index (χ2n) is 9.03. The second-order valence-corrected chi connectivity index (χ2v) is 9.03. The van der Waals surface area contributed by atoms with Gasteiger partial charge in [0.2, 0.25) is 0 Å². The third-order valence-electron chi connectivity index (χ3n) is 6.40. The van der Waals surface area contributed by atoms with Gasteiger partial charge in [0.1, 0.15) is 17.7 Å². The molecule has 1 unspecified atom stereocenters. The summed E-state index contributed by atoms with van der Waals surface area (Å²) in [5.41, 5.74) is 4.18. The van der Waals surface area contributed by atoms with Gasteiger partial charge in [-0.25, -0.2) is 4.68 Å². The standard InChI is InChI=1S/C28H30N4O4/c1-4-34-26-17-32(27-7-5-6-12-35-27)31-28(26)24(33)15-20-8-9-21(16-30-20)36-25-10-11-29-23-14-19(3)18(2)13-22(23)25/h8-11,13-14,16-17,27H,4-7,12,15H2,1-3H3. The van der Waals surface area contributed by atoms with Gasteiger partial charge in [0.15, 0.2) is 17.2 Å². The minimum Gasteiger partial charge on any atom is -0.490 e. The fraction of sp³-hybridized carbons (Fsp3) is 0.357. The van der Waals surface area contributed by atoms with Crippen molar-refractivity contribution in [3.63, 3.8) is 0 Å². The molecule has 1 aromatic carbocycles. The number of carbonyl (C=O) groups excluding carboxylic acids is 1. The smallest absolute Gasteiger partial charge is 0.192 e. The first kappa shape index (κ1) is 23.9. The van der Waals surface area contributed by atoms with E-state index in [0.717, 1.165) is 30.2 Å². The maximum absolute atomic E-state index is 13.1. The van der Waals surface area contributed by atoms with Crippen molar-refractivity contribution in [2.24, 2.45) is 0 Å². The van der Waals surface area contributed by atoms with Crippen molar-refractivity contribution in [1.29, 1.82) is 0 Å². The maximum atomic E-state index is 13.1. The van der Waals surface area contributed by atoms with E-state index in [1.807, 2.05) is 19.1 Å². The average Bonchev–Trinajstić information content (AvgIpc) is 3.31. The van der Waals surface area contributed by atoms with Crippen molar-refractivity contribution >= 4 is 16.7 Å². The van der Waals surface area contributed by atoms with E-state index in [0.29, 0.717) is 41.9 Å². The molecule has 4 aromatic rings. The van der Waals surface area contributed by atoms with Crippen molar-refractivity contribution in [2.45, 2.75) is 52.7 Å². The largest absolute Gasteiger partial charge is 0.490 e. The lowest BCUT2D eigenvalue weighted by Gasteiger charge is -2.22. The lowest BCUT2D eigenvalue weighted by atomic mass is 10.1. The van der Waals surface area contributed by atoms with Crippen molar-refractivity contribution < 1.29 is 19.0 Å². The number of benzene rings is 1. The zero-order valence-electron chi connectivity index (χ0n) is 20.9. The summed E-state index contributed by atoms with van der Waals surface area (Å²) in [7, 11) is 0. The van der Waals surface area contributed by atoms with E-state index in [2.05, 4.69) is 41.0 Å². The fourth-order valence-corrected chi connectivity index (χ4v) is 4.33. The van der Waals surface area contributed by atoms with Crippen LogP contribution in [-0.2, 0) is 11.2 Å². The van der Waals surface area contributed by atoms with Gasteiger partial charge in [-0.15, -0.1) is 0 Å². The molecule has 3 aromatic heterocycles. The zero-order valence-corrected chi connectivity index (χ0v) is 20.9. The Kier molecular flexibility index (Phi) is 6.95. The molecule has 1 atom stereocenters. The average molecular weight is 487 g/mol. The van der Waals surface area contributed by atoms with Crippen LogP contribution in [0.2, 0.25) is 0 Å². The number of carbonyl (C=O) groups is 1. The molecule has 186 valence electrons. The number of aryl methyl sites for hydroxylation is 2. The molecule has 1 aliphatic heterocycles. The fourth-order valence-electron chi connectivity index (χ4n) is 4.33. The number of ether oxygens (including phenoxy) is 3. The highest BCUT2D eigenvalue weighted by Gasteiger charge is 2.24.